The number of aliphatic hydroxyl groups is 5. The molecule has 6 unspecified atom stereocenters. The largest absolute Gasteiger partial charge is 0.472 e. The van der Waals surface area contributed by atoms with Crippen LogP contribution in [0.15, 0.2) is 48.6 Å². The lowest BCUT2D eigenvalue weighted by Gasteiger charge is -2.41. The number of allylic oxidation sites excluding steroid dienone is 8. The van der Waals surface area contributed by atoms with Crippen LogP contribution in [0.25, 0.3) is 0 Å². The van der Waals surface area contributed by atoms with Crippen LogP contribution in [-0.2, 0) is 27.9 Å². The molecule has 0 spiro atoms. The lowest BCUT2D eigenvalue weighted by molar-refractivity contribution is -0.220. The van der Waals surface area contributed by atoms with E-state index in [1.807, 2.05) is 0 Å². The van der Waals surface area contributed by atoms with E-state index in [1.54, 1.807) is 0 Å². The quantitative estimate of drug-likeness (QED) is 0.0147. The van der Waals surface area contributed by atoms with Crippen molar-refractivity contribution in [3.8, 4) is 0 Å². The number of aliphatic hydroxyl groups excluding tert-OH is 5. The molecule has 6 atom stereocenters. The molecule has 0 aromatic carbocycles. The Bertz CT molecular complexity index is 1260. The normalized spacial score (nSPS) is 21.9. The molecule has 0 aromatic heterocycles. The van der Waals surface area contributed by atoms with Gasteiger partial charge in [-0.05, 0) is 77.0 Å². The van der Waals surface area contributed by atoms with E-state index in [-0.39, 0.29) is 13.0 Å². The minimum Gasteiger partial charge on any atom is -0.457 e. The summed E-state index contributed by atoms with van der Waals surface area (Å²) in [5, 5.41) is 50.3. The fourth-order valence-corrected chi connectivity index (χ4v) is 8.74. The smallest absolute Gasteiger partial charge is 0.457 e. The maximum Gasteiger partial charge on any atom is 0.472 e. The van der Waals surface area contributed by atoms with Gasteiger partial charge >= 0.3 is 13.8 Å². The molecule has 0 aliphatic heterocycles. The molecule has 0 amide bonds. The average Bonchev–Trinajstić information content (AvgIpc) is 3.29. The van der Waals surface area contributed by atoms with E-state index >= 15 is 0 Å². The zero-order valence-electron chi connectivity index (χ0n) is 40.8. The minimum absolute atomic E-state index is 0.0849. The van der Waals surface area contributed by atoms with E-state index in [1.165, 1.54) is 109 Å². The summed E-state index contributed by atoms with van der Waals surface area (Å²) in [7, 11) is -5.03. The van der Waals surface area contributed by atoms with Gasteiger partial charge in [0.2, 0.25) is 0 Å². The zero-order valence-corrected chi connectivity index (χ0v) is 41.7. The molecule has 1 rings (SSSR count). The first kappa shape index (κ1) is 61.3. The molecule has 6 N–H and O–H groups in total. The second kappa shape index (κ2) is 42.4. The molecule has 0 aromatic rings. The SMILES string of the molecule is CCCCCC/C=C\C/C=C\CCCCCCCC(=O)OC(COCCCCCCCCCCCC/C=C\C/C=C\CCCCCCC)COP(=O)(O)OC1C(O)C(O)C(O)C(O)C1O. The van der Waals surface area contributed by atoms with Crippen LogP contribution >= 0.6 is 7.82 Å². The molecule has 380 valence electrons. The number of unbranched alkanes of at least 4 members (excludes halogenated alkanes) is 24. The van der Waals surface area contributed by atoms with Crippen molar-refractivity contribution >= 4 is 13.8 Å². The van der Waals surface area contributed by atoms with E-state index in [0.29, 0.717) is 13.0 Å². The predicted molar refractivity (Wildman–Crippen MR) is 262 cm³/mol. The molecule has 12 nitrogen and oxygen atoms in total. The first-order chi connectivity index (χ1) is 31.5. The van der Waals surface area contributed by atoms with Gasteiger partial charge in [-0.2, -0.15) is 0 Å². The van der Waals surface area contributed by atoms with Crippen molar-refractivity contribution in [2.45, 2.75) is 256 Å². The number of esters is 1. The van der Waals surface area contributed by atoms with E-state index < -0.39 is 63.1 Å². The Morgan fingerprint density at radius 3 is 1.31 bits per heavy atom. The predicted octanol–water partition coefficient (Wildman–Crippen LogP) is 11.6. The van der Waals surface area contributed by atoms with Gasteiger partial charge in [0.25, 0.3) is 0 Å². The summed E-state index contributed by atoms with van der Waals surface area (Å²) < 4.78 is 34.3. The van der Waals surface area contributed by atoms with Gasteiger partial charge in [-0.15, -0.1) is 0 Å². The maximum absolute atomic E-state index is 12.8. The molecular weight excluding hydrogens is 848 g/mol. The van der Waals surface area contributed by atoms with E-state index in [2.05, 4.69) is 62.5 Å². The van der Waals surface area contributed by atoms with Crippen LogP contribution in [0, 0.1) is 0 Å². The summed E-state index contributed by atoms with van der Waals surface area (Å²) in [6.45, 7) is 4.23. The average molecular weight is 943 g/mol. The van der Waals surface area contributed by atoms with Gasteiger partial charge in [-0.1, -0.05) is 178 Å². The molecule has 13 heteroatoms. The monoisotopic (exact) mass is 943 g/mol. The Morgan fingerprint density at radius 2 is 0.862 bits per heavy atom. The summed E-state index contributed by atoms with van der Waals surface area (Å²) in [5.74, 6) is -0.491. The molecular formula is C52H95O12P. The number of hydrogen-bond acceptors (Lipinski definition) is 11. The number of phosphoric ester groups is 1. The second-order valence-electron chi connectivity index (χ2n) is 18.0. The van der Waals surface area contributed by atoms with Gasteiger partial charge in [0.15, 0.2) is 0 Å². The summed E-state index contributed by atoms with van der Waals surface area (Å²) in [4.78, 5) is 23.2. The van der Waals surface area contributed by atoms with E-state index in [0.717, 1.165) is 77.0 Å². The summed E-state index contributed by atoms with van der Waals surface area (Å²) in [5.41, 5.74) is 0. The van der Waals surface area contributed by atoms with Gasteiger partial charge in [0.1, 0.15) is 42.7 Å². The van der Waals surface area contributed by atoms with Gasteiger partial charge in [-0.25, -0.2) is 4.57 Å². The molecule has 1 fully saturated rings. The van der Waals surface area contributed by atoms with Crippen LogP contribution in [0.4, 0.5) is 0 Å². The zero-order chi connectivity index (χ0) is 47.6. The fourth-order valence-electron chi connectivity index (χ4n) is 7.77. The van der Waals surface area contributed by atoms with Crippen molar-refractivity contribution < 1.29 is 58.3 Å². The molecule has 1 saturated carbocycles. The van der Waals surface area contributed by atoms with Gasteiger partial charge in [0.05, 0.1) is 13.2 Å². The molecule has 65 heavy (non-hydrogen) atoms. The number of carbonyl (C=O) groups excluding carboxylic acids is 1. The summed E-state index contributed by atoms with van der Waals surface area (Å²) in [6, 6.07) is 0. The van der Waals surface area contributed by atoms with Crippen molar-refractivity contribution in [3.63, 3.8) is 0 Å². The van der Waals surface area contributed by atoms with Crippen molar-refractivity contribution in [3.05, 3.63) is 48.6 Å². The van der Waals surface area contributed by atoms with Crippen LogP contribution in [0.5, 0.6) is 0 Å². The highest BCUT2D eigenvalue weighted by atomic mass is 31.2. The maximum atomic E-state index is 12.8. The van der Waals surface area contributed by atoms with Crippen molar-refractivity contribution in [2.24, 2.45) is 0 Å². The third-order valence-electron chi connectivity index (χ3n) is 11.9. The van der Waals surface area contributed by atoms with Gasteiger partial charge < -0.3 is 39.9 Å². The highest BCUT2D eigenvalue weighted by molar-refractivity contribution is 7.47. The number of rotatable bonds is 44. The lowest BCUT2D eigenvalue weighted by atomic mass is 9.85. The molecule has 0 radical (unpaired) electrons. The standard InChI is InChI=1S/C52H95O12P/c1-3-5-7-9-11-13-15-17-19-21-22-23-24-25-26-28-30-32-34-36-38-40-42-61-43-45(44-62-65(59,60)64-52-50(57)48(55)47(54)49(56)51(52)58)63-46(53)41-39-37-35-33-31-29-27-20-18-16-14-12-10-8-6-4-2/h14-17,20-22,27,45,47-52,54-58H,3-13,18-19,23-26,28-44H2,1-2H3,(H,59,60)/b16-14-,17-15-,22-21-,27-20-. The van der Waals surface area contributed by atoms with E-state index in [9.17, 15) is 39.8 Å². The molecule has 0 heterocycles. The number of ether oxygens (including phenoxy) is 2. The Morgan fingerprint density at radius 1 is 0.492 bits per heavy atom. The second-order valence-corrected chi connectivity index (χ2v) is 19.4. The summed E-state index contributed by atoms with van der Waals surface area (Å²) >= 11 is 0. The third-order valence-corrected chi connectivity index (χ3v) is 12.9. The first-order valence-electron chi connectivity index (χ1n) is 26.0. The first-order valence-corrected chi connectivity index (χ1v) is 27.5. The Hall–Kier alpha value is -1.70. The summed E-state index contributed by atoms with van der Waals surface area (Å²) in [6.07, 6.45) is 40.3. The highest BCUT2D eigenvalue weighted by Gasteiger charge is 2.51. The van der Waals surface area contributed by atoms with Crippen LogP contribution in [0.3, 0.4) is 0 Å². The van der Waals surface area contributed by atoms with Crippen LogP contribution in [0.1, 0.15) is 213 Å². The van der Waals surface area contributed by atoms with Crippen LogP contribution in [0.2, 0.25) is 0 Å². The lowest BCUT2D eigenvalue weighted by Crippen LogP contribution is -2.64. The van der Waals surface area contributed by atoms with Crippen molar-refractivity contribution in [1.82, 2.24) is 0 Å². The number of hydrogen-bond donors (Lipinski definition) is 6. The molecule has 0 bridgehead atoms. The van der Waals surface area contributed by atoms with Crippen molar-refractivity contribution in [1.29, 1.82) is 0 Å². The molecule has 0 saturated heterocycles. The van der Waals surface area contributed by atoms with Crippen LogP contribution < -0.4 is 0 Å². The molecule has 1 aliphatic carbocycles. The Kier molecular flexibility index (Phi) is 40.0. The molecule has 1 aliphatic rings. The highest BCUT2D eigenvalue weighted by Crippen LogP contribution is 2.47. The topological polar surface area (TPSA) is 192 Å². The van der Waals surface area contributed by atoms with Gasteiger partial charge in [-0.3, -0.25) is 13.8 Å². The Balaban J connectivity index is 2.34. The fraction of sp³-hybridized carbons (Fsp3) is 0.827. The minimum atomic E-state index is -5.03. The number of phosphoric acid groups is 1. The van der Waals surface area contributed by atoms with Crippen LogP contribution in [-0.4, -0.2) is 98.9 Å². The number of carbonyl (C=O) groups is 1. The third kappa shape index (κ3) is 34.3. The van der Waals surface area contributed by atoms with Crippen molar-refractivity contribution in [2.75, 3.05) is 19.8 Å². The van der Waals surface area contributed by atoms with Gasteiger partial charge in [0, 0.05) is 13.0 Å². The Labute approximate surface area is 395 Å². The van der Waals surface area contributed by atoms with E-state index in [4.69, 9.17) is 18.5 Å².